The van der Waals surface area contributed by atoms with Gasteiger partial charge in [-0.05, 0) is 36.4 Å². The van der Waals surface area contributed by atoms with Crippen molar-refractivity contribution in [2.75, 3.05) is 23.7 Å². The summed E-state index contributed by atoms with van der Waals surface area (Å²) in [7, 11) is 0. The van der Waals surface area contributed by atoms with E-state index in [0.717, 1.165) is 0 Å². The minimum absolute atomic E-state index is 0.257. The minimum atomic E-state index is -0.575. The second-order valence-corrected chi connectivity index (χ2v) is 6.28. The van der Waals surface area contributed by atoms with E-state index < -0.39 is 6.03 Å². The van der Waals surface area contributed by atoms with Crippen molar-refractivity contribution >= 4 is 58.1 Å². The first-order valence-corrected chi connectivity index (χ1v) is 8.34. The summed E-state index contributed by atoms with van der Waals surface area (Å²) in [6.45, 7) is 0.617. The van der Waals surface area contributed by atoms with Crippen molar-refractivity contribution in [2.24, 2.45) is 5.73 Å². The molecule has 2 aromatic rings. The van der Waals surface area contributed by atoms with Crippen molar-refractivity contribution in [1.29, 1.82) is 0 Å². The molecule has 0 spiro atoms. The first-order valence-electron chi connectivity index (χ1n) is 7.21. The van der Waals surface area contributed by atoms with Gasteiger partial charge < -0.3 is 21.7 Å². The lowest BCUT2D eigenvalue weighted by Gasteiger charge is -2.13. The smallest absolute Gasteiger partial charge is 0.323 e. The number of nitrogens with one attached hydrogen (secondary N) is 3. The first-order chi connectivity index (χ1) is 11.9. The molecule has 132 valence electrons. The highest BCUT2D eigenvalue weighted by Crippen LogP contribution is 2.24. The van der Waals surface area contributed by atoms with Gasteiger partial charge in [-0.2, -0.15) is 0 Å². The molecule has 0 bridgehead atoms. The van der Waals surface area contributed by atoms with Gasteiger partial charge in [-0.3, -0.25) is 4.79 Å². The topological polar surface area (TPSA) is 96.2 Å². The molecule has 25 heavy (non-hydrogen) atoms. The van der Waals surface area contributed by atoms with Gasteiger partial charge in [0.05, 0.1) is 11.3 Å². The van der Waals surface area contributed by atoms with E-state index in [-0.39, 0.29) is 17.2 Å². The van der Waals surface area contributed by atoms with Crippen LogP contribution in [0.5, 0.6) is 0 Å². The fourth-order valence-electron chi connectivity index (χ4n) is 2.01. The Morgan fingerprint density at radius 2 is 1.60 bits per heavy atom. The lowest BCUT2D eigenvalue weighted by molar-refractivity contribution is 0.0955. The van der Waals surface area contributed by atoms with Crippen molar-refractivity contribution in [1.82, 2.24) is 5.32 Å². The molecule has 0 aliphatic carbocycles. The average molecular weight is 402 g/mol. The van der Waals surface area contributed by atoms with Crippen LogP contribution < -0.4 is 21.7 Å². The van der Waals surface area contributed by atoms with Crippen LogP contribution in [0.1, 0.15) is 10.4 Å². The quantitative estimate of drug-likeness (QED) is 0.610. The molecule has 2 rings (SSSR count). The zero-order chi connectivity index (χ0) is 18.4. The normalized spacial score (nSPS) is 10.2. The fourth-order valence-corrected chi connectivity index (χ4v) is 2.71. The maximum absolute atomic E-state index is 12.2. The Morgan fingerprint density at radius 1 is 0.920 bits per heavy atom. The van der Waals surface area contributed by atoms with E-state index in [4.69, 9.17) is 40.5 Å². The molecule has 9 heteroatoms. The lowest BCUT2D eigenvalue weighted by Crippen LogP contribution is -2.30. The van der Waals surface area contributed by atoms with Crippen LogP contribution in [0.3, 0.4) is 0 Å². The largest absolute Gasteiger partial charge is 0.351 e. The summed E-state index contributed by atoms with van der Waals surface area (Å²) in [5.74, 6) is -0.372. The Bertz CT molecular complexity index is 779. The van der Waals surface area contributed by atoms with Crippen LogP contribution in [0, 0.1) is 0 Å². The SMILES string of the molecule is NCCNC(=O)c1ccc(Cl)cc1NC(=O)Nc1cc(Cl)cc(Cl)c1. The van der Waals surface area contributed by atoms with E-state index in [2.05, 4.69) is 16.0 Å². The summed E-state index contributed by atoms with van der Waals surface area (Å²) < 4.78 is 0. The number of hydrogen-bond donors (Lipinski definition) is 4. The van der Waals surface area contributed by atoms with Crippen LogP contribution in [0.15, 0.2) is 36.4 Å². The van der Waals surface area contributed by atoms with Gasteiger partial charge >= 0.3 is 6.03 Å². The number of urea groups is 1. The minimum Gasteiger partial charge on any atom is -0.351 e. The van der Waals surface area contributed by atoms with Gasteiger partial charge in [0.15, 0.2) is 0 Å². The van der Waals surface area contributed by atoms with Crippen LogP contribution in [0.25, 0.3) is 0 Å². The van der Waals surface area contributed by atoms with Gasteiger partial charge in [0.25, 0.3) is 5.91 Å². The molecule has 0 aliphatic rings. The number of amides is 3. The van der Waals surface area contributed by atoms with Crippen LogP contribution in [0.2, 0.25) is 15.1 Å². The molecule has 5 N–H and O–H groups in total. The summed E-state index contributed by atoms with van der Waals surface area (Å²) in [6, 6.07) is 8.60. The number of nitrogens with two attached hydrogens (primary N) is 1. The molecule has 6 nitrogen and oxygen atoms in total. The molecule has 0 aliphatic heterocycles. The predicted molar refractivity (Wildman–Crippen MR) is 102 cm³/mol. The van der Waals surface area contributed by atoms with Crippen molar-refractivity contribution < 1.29 is 9.59 Å². The molecule has 0 saturated carbocycles. The molecular weight excluding hydrogens is 387 g/mol. The standard InChI is InChI=1S/C16H15Cl3N4O2/c17-9-1-2-13(15(24)21-4-3-20)14(8-9)23-16(25)22-12-6-10(18)5-11(19)7-12/h1-2,5-8H,3-4,20H2,(H,21,24)(H2,22,23,25). The Morgan fingerprint density at radius 3 is 2.24 bits per heavy atom. The molecule has 0 fully saturated rings. The number of carbonyl (C=O) groups excluding carboxylic acids is 2. The molecule has 2 aromatic carbocycles. The van der Waals surface area contributed by atoms with Crippen molar-refractivity contribution in [3.05, 3.63) is 57.0 Å². The third-order valence-corrected chi connectivity index (χ3v) is 3.70. The maximum Gasteiger partial charge on any atom is 0.323 e. The summed E-state index contributed by atoms with van der Waals surface area (Å²) in [5, 5.41) is 8.94. The van der Waals surface area contributed by atoms with Gasteiger partial charge in [0.2, 0.25) is 0 Å². The van der Waals surface area contributed by atoms with Gasteiger partial charge in [0, 0.05) is 33.8 Å². The molecule has 0 saturated heterocycles. The Kier molecular flexibility index (Phi) is 6.90. The second-order valence-electron chi connectivity index (χ2n) is 4.97. The molecule has 0 unspecified atom stereocenters. The Hall–Kier alpha value is -1.99. The lowest BCUT2D eigenvalue weighted by atomic mass is 10.1. The summed E-state index contributed by atoms with van der Waals surface area (Å²) in [6.07, 6.45) is 0. The van der Waals surface area contributed by atoms with E-state index in [9.17, 15) is 9.59 Å². The summed E-state index contributed by atoms with van der Waals surface area (Å²) >= 11 is 17.7. The predicted octanol–water partition coefficient (Wildman–Crippen LogP) is 3.98. The van der Waals surface area contributed by atoms with Crippen LogP contribution in [-0.4, -0.2) is 25.0 Å². The highest BCUT2D eigenvalue weighted by molar-refractivity contribution is 6.35. The maximum atomic E-state index is 12.2. The van der Waals surface area contributed by atoms with E-state index >= 15 is 0 Å². The molecule has 0 heterocycles. The molecular formula is C16H15Cl3N4O2. The number of anilines is 2. The molecule has 3 amide bonds. The highest BCUT2D eigenvalue weighted by atomic mass is 35.5. The second kappa shape index (κ2) is 8.92. The Balaban J connectivity index is 2.16. The number of rotatable bonds is 5. The van der Waals surface area contributed by atoms with Crippen molar-refractivity contribution in [2.45, 2.75) is 0 Å². The van der Waals surface area contributed by atoms with Gasteiger partial charge in [-0.15, -0.1) is 0 Å². The number of carbonyl (C=O) groups is 2. The van der Waals surface area contributed by atoms with Gasteiger partial charge in [-0.1, -0.05) is 34.8 Å². The number of halogens is 3. The van der Waals surface area contributed by atoms with E-state index in [1.807, 2.05) is 0 Å². The highest BCUT2D eigenvalue weighted by Gasteiger charge is 2.14. The van der Waals surface area contributed by atoms with E-state index in [1.165, 1.54) is 12.1 Å². The zero-order valence-electron chi connectivity index (χ0n) is 12.9. The third-order valence-electron chi connectivity index (χ3n) is 3.02. The van der Waals surface area contributed by atoms with Crippen LogP contribution in [-0.2, 0) is 0 Å². The van der Waals surface area contributed by atoms with Gasteiger partial charge in [0.1, 0.15) is 0 Å². The van der Waals surface area contributed by atoms with Crippen molar-refractivity contribution in [3.63, 3.8) is 0 Å². The Labute approximate surface area is 159 Å². The van der Waals surface area contributed by atoms with Crippen LogP contribution in [0.4, 0.5) is 16.2 Å². The average Bonchev–Trinajstić information content (AvgIpc) is 2.51. The summed E-state index contributed by atoms with van der Waals surface area (Å²) in [4.78, 5) is 24.3. The number of hydrogen-bond acceptors (Lipinski definition) is 3. The summed E-state index contributed by atoms with van der Waals surface area (Å²) in [5.41, 5.74) is 6.30. The van der Waals surface area contributed by atoms with E-state index in [1.54, 1.807) is 24.3 Å². The first kappa shape index (κ1) is 19.3. The van der Waals surface area contributed by atoms with Crippen LogP contribution >= 0.6 is 34.8 Å². The van der Waals surface area contributed by atoms with Gasteiger partial charge in [-0.25, -0.2) is 4.79 Å². The van der Waals surface area contributed by atoms with Crippen molar-refractivity contribution in [3.8, 4) is 0 Å². The molecule has 0 atom stereocenters. The molecule has 0 aromatic heterocycles. The third kappa shape index (κ3) is 5.79. The van der Waals surface area contributed by atoms with E-state index in [0.29, 0.717) is 33.8 Å². The zero-order valence-corrected chi connectivity index (χ0v) is 15.2. The molecule has 0 radical (unpaired) electrons. The number of benzene rings is 2. The monoisotopic (exact) mass is 400 g/mol. The fraction of sp³-hybridized carbons (Fsp3) is 0.125.